The fourth-order valence-corrected chi connectivity index (χ4v) is 1.48. The molecule has 0 saturated heterocycles. The molecular formula is C15H23NO4. The first-order chi connectivity index (χ1) is 9.40. The van der Waals surface area contributed by atoms with E-state index in [2.05, 4.69) is 5.32 Å². The highest BCUT2D eigenvalue weighted by molar-refractivity contribution is 5.67. The maximum atomic E-state index is 11.5. The molecule has 5 heteroatoms. The minimum Gasteiger partial charge on any atom is -0.444 e. The Morgan fingerprint density at radius 2 is 1.95 bits per heavy atom. The van der Waals surface area contributed by atoms with Gasteiger partial charge in [0.1, 0.15) is 5.60 Å². The number of aliphatic hydroxyl groups is 1. The summed E-state index contributed by atoms with van der Waals surface area (Å²) < 4.78 is 10.6. The Bertz CT molecular complexity index is 400. The van der Waals surface area contributed by atoms with Crippen molar-refractivity contribution in [3.63, 3.8) is 0 Å². The summed E-state index contributed by atoms with van der Waals surface area (Å²) >= 11 is 0. The van der Waals surface area contributed by atoms with Crippen molar-refractivity contribution in [2.45, 2.75) is 39.1 Å². The molecule has 0 saturated carbocycles. The molecule has 0 spiro atoms. The van der Waals surface area contributed by atoms with Crippen LogP contribution in [-0.2, 0) is 16.1 Å². The molecule has 1 amide bonds. The van der Waals surface area contributed by atoms with Crippen LogP contribution in [0.4, 0.5) is 4.79 Å². The zero-order valence-electron chi connectivity index (χ0n) is 12.3. The predicted molar refractivity (Wildman–Crippen MR) is 76.3 cm³/mol. The van der Waals surface area contributed by atoms with E-state index in [1.165, 1.54) is 0 Å². The number of carbonyl (C=O) groups is 1. The number of aliphatic hydroxyl groups excluding tert-OH is 1. The molecule has 2 N–H and O–H groups in total. The Balaban J connectivity index is 2.31. The SMILES string of the molecule is CC(C)(C)OC(=O)NC[C@@H](CO)OCc1ccccc1. The molecule has 5 nitrogen and oxygen atoms in total. The molecule has 0 aliphatic rings. The van der Waals surface area contributed by atoms with Crippen molar-refractivity contribution in [2.75, 3.05) is 13.2 Å². The molecule has 0 unspecified atom stereocenters. The molecule has 0 bridgehead atoms. The van der Waals surface area contributed by atoms with Gasteiger partial charge in [-0.3, -0.25) is 0 Å². The van der Waals surface area contributed by atoms with Crippen molar-refractivity contribution >= 4 is 6.09 Å². The van der Waals surface area contributed by atoms with Crippen LogP contribution in [0.5, 0.6) is 0 Å². The Kier molecular flexibility index (Phi) is 6.48. The smallest absolute Gasteiger partial charge is 0.407 e. The minimum atomic E-state index is -0.538. The molecule has 1 atom stereocenters. The Hall–Kier alpha value is -1.59. The van der Waals surface area contributed by atoms with Gasteiger partial charge in [0.05, 0.1) is 19.3 Å². The molecule has 0 aromatic heterocycles. The fourth-order valence-electron chi connectivity index (χ4n) is 1.48. The van der Waals surface area contributed by atoms with Crippen molar-refractivity contribution in [1.29, 1.82) is 0 Å². The molecule has 0 radical (unpaired) electrons. The van der Waals surface area contributed by atoms with Gasteiger partial charge in [0.15, 0.2) is 0 Å². The van der Waals surface area contributed by atoms with Gasteiger partial charge in [0.2, 0.25) is 0 Å². The van der Waals surface area contributed by atoms with Gasteiger partial charge < -0.3 is 19.9 Å². The van der Waals surface area contributed by atoms with Gasteiger partial charge in [-0.1, -0.05) is 30.3 Å². The molecule has 0 aliphatic carbocycles. The molecule has 112 valence electrons. The molecular weight excluding hydrogens is 258 g/mol. The largest absolute Gasteiger partial charge is 0.444 e. The third kappa shape index (κ3) is 7.11. The summed E-state index contributed by atoms with van der Waals surface area (Å²) in [6.45, 7) is 5.81. The van der Waals surface area contributed by atoms with Gasteiger partial charge in [-0.15, -0.1) is 0 Å². The normalized spacial score (nSPS) is 12.8. The van der Waals surface area contributed by atoms with Gasteiger partial charge in [-0.05, 0) is 26.3 Å². The summed E-state index contributed by atoms with van der Waals surface area (Å²) in [5.41, 5.74) is 0.479. The lowest BCUT2D eigenvalue weighted by Gasteiger charge is -2.21. The summed E-state index contributed by atoms with van der Waals surface area (Å²) in [5, 5.41) is 11.8. The van der Waals surface area contributed by atoms with Gasteiger partial charge in [0, 0.05) is 6.54 Å². The van der Waals surface area contributed by atoms with Crippen LogP contribution < -0.4 is 5.32 Å². The number of carbonyl (C=O) groups excluding carboxylic acids is 1. The average Bonchev–Trinajstić information content (AvgIpc) is 2.38. The van der Waals surface area contributed by atoms with Crippen LogP contribution >= 0.6 is 0 Å². The number of alkyl carbamates (subject to hydrolysis) is 1. The van der Waals surface area contributed by atoms with E-state index in [0.717, 1.165) is 5.56 Å². The molecule has 1 aromatic rings. The lowest BCUT2D eigenvalue weighted by Crippen LogP contribution is -2.39. The van der Waals surface area contributed by atoms with Crippen molar-refractivity contribution in [3.8, 4) is 0 Å². The van der Waals surface area contributed by atoms with Gasteiger partial charge in [-0.2, -0.15) is 0 Å². The number of hydrogen-bond acceptors (Lipinski definition) is 4. The van der Waals surface area contributed by atoms with E-state index in [0.29, 0.717) is 6.61 Å². The van der Waals surface area contributed by atoms with E-state index in [1.54, 1.807) is 20.8 Å². The fraction of sp³-hybridized carbons (Fsp3) is 0.533. The third-order valence-electron chi connectivity index (χ3n) is 2.41. The van der Waals surface area contributed by atoms with E-state index in [9.17, 15) is 9.90 Å². The molecule has 0 fully saturated rings. The van der Waals surface area contributed by atoms with Crippen LogP contribution in [0.3, 0.4) is 0 Å². The van der Waals surface area contributed by atoms with Gasteiger partial charge >= 0.3 is 6.09 Å². The van der Waals surface area contributed by atoms with Gasteiger partial charge in [0.25, 0.3) is 0 Å². The summed E-state index contributed by atoms with van der Waals surface area (Å²) in [7, 11) is 0. The Morgan fingerprint density at radius 1 is 1.30 bits per heavy atom. The van der Waals surface area contributed by atoms with Crippen LogP contribution in [0.25, 0.3) is 0 Å². The first-order valence-electron chi connectivity index (χ1n) is 6.64. The lowest BCUT2D eigenvalue weighted by molar-refractivity contribution is -0.000379. The second-order valence-corrected chi connectivity index (χ2v) is 5.48. The van der Waals surface area contributed by atoms with Crippen LogP contribution in [0.15, 0.2) is 30.3 Å². The minimum absolute atomic E-state index is 0.164. The number of benzene rings is 1. The van der Waals surface area contributed by atoms with Crippen molar-refractivity contribution < 1.29 is 19.4 Å². The number of rotatable bonds is 6. The zero-order chi connectivity index (χ0) is 15.0. The summed E-state index contributed by atoms with van der Waals surface area (Å²) in [6, 6.07) is 9.65. The van der Waals surface area contributed by atoms with E-state index >= 15 is 0 Å². The van der Waals surface area contributed by atoms with Crippen molar-refractivity contribution in [3.05, 3.63) is 35.9 Å². The molecule has 20 heavy (non-hydrogen) atoms. The molecule has 0 heterocycles. The first kappa shape index (κ1) is 16.5. The highest BCUT2D eigenvalue weighted by Gasteiger charge is 2.17. The van der Waals surface area contributed by atoms with Crippen LogP contribution in [0, 0.1) is 0 Å². The van der Waals surface area contributed by atoms with Crippen LogP contribution in [-0.4, -0.2) is 36.1 Å². The molecule has 1 aromatic carbocycles. The standard InChI is InChI=1S/C15H23NO4/c1-15(2,3)20-14(18)16-9-13(10-17)19-11-12-7-5-4-6-8-12/h4-8,13,17H,9-11H2,1-3H3,(H,16,18)/t13-/m0/s1. The van der Waals surface area contributed by atoms with Crippen LogP contribution in [0.1, 0.15) is 26.3 Å². The number of nitrogens with one attached hydrogen (secondary N) is 1. The van der Waals surface area contributed by atoms with E-state index in [1.807, 2.05) is 30.3 Å². The Labute approximate surface area is 119 Å². The molecule has 0 aliphatic heterocycles. The number of ether oxygens (including phenoxy) is 2. The third-order valence-corrected chi connectivity index (χ3v) is 2.41. The van der Waals surface area contributed by atoms with Gasteiger partial charge in [-0.25, -0.2) is 4.79 Å². The van der Waals surface area contributed by atoms with Crippen LogP contribution in [0.2, 0.25) is 0 Å². The topological polar surface area (TPSA) is 67.8 Å². The van der Waals surface area contributed by atoms with Crippen molar-refractivity contribution in [1.82, 2.24) is 5.32 Å². The lowest BCUT2D eigenvalue weighted by atomic mass is 10.2. The second-order valence-electron chi connectivity index (χ2n) is 5.48. The summed E-state index contributed by atoms with van der Waals surface area (Å²) in [6.07, 6.45) is -0.970. The number of hydrogen-bond donors (Lipinski definition) is 2. The summed E-state index contributed by atoms with van der Waals surface area (Å²) in [5.74, 6) is 0. The predicted octanol–water partition coefficient (Wildman–Crippen LogP) is 2.09. The molecule has 1 rings (SSSR count). The average molecular weight is 281 g/mol. The Morgan fingerprint density at radius 3 is 2.50 bits per heavy atom. The van der Waals surface area contributed by atoms with E-state index < -0.39 is 17.8 Å². The monoisotopic (exact) mass is 281 g/mol. The highest BCUT2D eigenvalue weighted by Crippen LogP contribution is 2.07. The zero-order valence-corrected chi connectivity index (χ0v) is 12.3. The first-order valence-corrected chi connectivity index (χ1v) is 6.64. The quantitative estimate of drug-likeness (QED) is 0.838. The highest BCUT2D eigenvalue weighted by atomic mass is 16.6. The maximum Gasteiger partial charge on any atom is 0.407 e. The number of amides is 1. The second kappa shape index (κ2) is 7.87. The summed E-state index contributed by atoms with van der Waals surface area (Å²) in [4.78, 5) is 11.5. The van der Waals surface area contributed by atoms with E-state index in [-0.39, 0.29) is 13.2 Å². The maximum absolute atomic E-state index is 11.5. The van der Waals surface area contributed by atoms with Crippen molar-refractivity contribution in [2.24, 2.45) is 0 Å². The van der Waals surface area contributed by atoms with E-state index in [4.69, 9.17) is 9.47 Å².